The minimum absolute atomic E-state index is 0.141. The topological polar surface area (TPSA) is 75.4 Å². The van der Waals surface area contributed by atoms with E-state index in [-0.39, 0.29) is 23.1 Å². The van der Waals surface area contributed by atoms with E-state index in [2.05, 4.69) is 5.32 Å². The molecule has 5 nitrogen and oxygen atoms in total. The van der Waals surface area contributed by atoms with Crippen LogP contribution >= 0.6 is 0 Å². The van der Waals surface area contributed by atoms with Crippen molar-refractivity contribution in [1.82, 2.24) is 5.32 Å². The molecule has 0 saturated heterocycles. The molecule has 0 atom stereocenters. The third kappa shape index (κ3) is 4.09. The lowest BCUT2D eigenvalue weighted by atomic mass is 9.99. The average molecular weight is 252 g/mol. The maximum Gasteiger partial charge on any atom is 0.273 e. The van der Waals surface area contributed by atoms with Gasteiger partial charge < -0.3 is 10.4 Å². The van der Waals surface area contributed by atoms with Gasteiger partial charge in [0.05, 0.1) is 4.92 Å². The van der Waals surface area contributed by atoms with Crippen molar-refractivity contribution in [3.63, 3.8) is 0 Å². The molecule has 0 heterocycles. The van der Waals surface area contributed by atoms with Crippen LogP contribution in [0.5, 0.6) is 0 Å². The summed E-state index contributed by atoms with van der Waals surface area (Å²) in [7, 11) is 0. The van der Waals surface area contributed by atoms with E-state index in [1.807, 2.05) is 26.0 Å². The number of aliphatic hydroxyl groups excluding tert-OH is 1. The van der Waals surface area contributed by atoms with Crippen molar-refractivity contribution in [2.75, 3.05) is 13.2 Å². The van der Waals surface area contributed by atoms with Gasteiger partial charge in [-0.05, 0) is 24.4 Å². The Hall–Kier alpha value is -1.46. The third-order valence-electron chi connectivity index (χ3n) is 2.75. The molecule has 1 rings (SSSR count). The van der Waals surface area contributed by atoms with Gasteiger partial charge >= 0.3 is 0 Å². The Balaban J connectivity index is 2.77. The SMILES string of the molecule is CC(C)c1ccc(CNCCCO)cc1[N+](=O)[O-]. The minimum atomic E-state index is -0.327. The fourth-order valence-electron chi connectivity index (χ4n) is 1.78. The summed E-state index contributed by atoms with van der Waals surface area (Å²) in [5.74, 6) is 0.141. The summed E-state index contributed by atoms with van der Waals surface area (Å²) >= 11 is 0. The predicted molar refractivity (Wildman–Crippen MR) is 70.6 cm³/mol. The van der Waals surface area contributed by atoms with Gasteiger partial charge in [-0.1, -0.05) is 26.0 Å². The molecule has 1 aromatic carbocycles. The highest BCUT2D eigenvalue weighted by atomic mass is 16.6. The van der Waals surface area contributed by atoms with Crippen LogP contribution in [0.2, 0.25) is 0 Å². The van der Waals surface area contributed by atoms with Crippen LogP contribution in [0.25, 0.3) is 0 Å². The highest BCUT2D eigenvalue weighted by molar-refractivity contribution is 5.45. The maximum atomic E-state index is 11.0. The lowest BCUT2D eigenvalue weighted by molar-refractivity contribution is -0.385. The minimum Gasteiger partial charge on any atom is -0.396 e. The molecule has 5 heteroatoms. The first kappa shape index (κ1) is 14.6. The molecule has 0 aliphatic heterocycles. The molecule has 18 heavy (non-hydrogen) atoms. The Morgan fingerprint density at radius 1 is 1.44 bits per heavy atom. The molecule has 0 spiro atoms. The summed E-state index contributed by atoms with van der Waals surface area (Å²) in [6, 6.07) is 5.36. The number of nitrogens with one attached hydrogen (secondary N) is 1. The standard InChI is InChI=1S/C13H20N2O3/c1-10(2)12-5-4-11(8-13(12)15(17)18)9-14-6-3-7-16/h4-5,8,10,14,16H,3,6-7,9H2,1-2H3. The van der Waals surface area contributed by atoms with Crippen LogP contribution in [0.3, 0.4) is 0 Å². The smallest absolute Gasteiger partial charge is 0.273 e. The van der Waals surface area contributed by atoms with Crippen molar-refractivity contribution < 1.29 is 10.0 Å². The molecule has 0 radical (unpaired) electrons. The summed E-state index contributed by atoms with van der Waals surface area (Å²) in [6.45, 7) is 5.33. The number of aliphatic hydroxyl groups is 1. The molecule has 0 unspecified atom stereocenters. The van der Waals surface area contributed by atoms with Crippen molar-refractivity contribution in [2.45, 2.75) is 32.7 Å². The van der Waals surface area contributed by atoms with Crippen LogP contribution in [-0.4, -0.2) is 23.2 Å². The second kappa shape index (κ2) is 7.08. The molecule has 0 fully saturated rings. The molecule has 0 aliphatic rings. The monoisotopic (exact) mass is 252 g/mol. The second-order valence-electron chi connectivity index (χ2n) is 4.56. The van der Waals surface area contributed by atoms with Gasteiger partial charge in [0.15, 0.2) is 0 Å². The highest BCUT2D eigenvalue weighted by Gasteiger charge is 2.16. The van der Waals surface area contributed by atoms with E-state index >= 15 is 0 Å². The van der Waals surface area contributed by atoms with Gasteiger partial charge in [-0.15, -0.1) is 0 Å². The molecule has 0 amide bonds. The van der Waals surface area contributed by atoms with Crippen molar-refractivity contribution in [2.24, 2.45) is 0 Å². The van der Waals surface area contributed by atoms with Crippen LogP contribution in [0.15, 0.2) is 18.2 Å². The Labute approximate surface area is 107 Å². The number of nitro groups is 1. The van der Waals surface area contributed by atoms with Crippen molar-refractivity contribution in [1.29, 1.82) is 0 Å². The first-order valence-electron chi connectivity index (χ1n) is 6.15. The quantitative estimate of drug-likeness (QED) is 0.443. The lowest BCUT2D eigenvalue weighted by Gasteiger charge is -2.09. The normalized spacial score (nSPS) is 10.9. The molecule has 2 N–H and O–H groups in total. The Morgan fingerprint density at radius 3 is 2.72 bits per heavy atom. The van der Waals surface area contributed by atoms with Gasteiger partial charge in [0.2, 0.25) is 0 Å². The molecule has 1 aromatic rings. The summed E-state index contributed by atoms with van der Waals surface area (Å²) in [4.78, 5) is 10.7. The first-order chi connectivity index (χ1) is 8.56. The summed E-state index contributed by atoms with van der Waals surface area (Å²) in [6.07, 6.45) is 0.687. The van der Waals surface area contributed by atoms with Gasteiger partial charge in [-0.25, -0.2) is 0 Å². The number of benzene rings is 1. The molecule has 0 saturated carbocycles. The van der Waals surface area contributed by atoms with E-state index in [4.69, 9.17) is 5.11 Å². The summed E-state index contributed by atoms with van der Waals surface area (Å²) in [5, 5.41) is 22.8. The van der Waals surface area contributed by atoms with Gasteiger partial charge in [0.1, 0.15) is 0 Å². The van der Waals surface area contributed by atoms with Crippen LogP contribution in [-0.2, 0) is 6.54 Å². The number of nitrogens with zero attached hydrogens (tertiary/aromatic N) is 1. The Morgan fingerprint density at radius 2 is 2.17 bits per heavy atom. The number of hydrogen-bond acceptors (Lipinski definition) is 4. The number of rotatable bonds is 7. The molecule has 0 aliphatic carbocycles. The highest BCUT2D eigenvalue weighted by Crippen LogP contribution is 2.27. The largest absolute Gasteiger partial charge is 0.396 e. The van der Waals surface area contributed by atoms with Crippen LogP contribution in [0.4, 0.5) is 5.69 Å². The van der Waals surface area contributed by atoms with E-state index in [1.54, 1.807) is 6.07 Å². The first-order valence-corrected chi connectivity index (χ1v) is 6.15. The van der Waals surface area contributed by atoms with Crippen LogP contribution in [0, 0.1) is 10.1 Å². The third-order valence-corrected chi connectivity index (χ3v) is 2.75. The van der Waals surface area contributed by atoms with Crippen LogP contribution in [0.1, 0.15) is 37.3 Å². The zero-order valence-corrected chi connectivity index (χ0v) is 10.8. The summed E-state index contributed by atoms with van der Waals surface area (Å²) in [5.41, 5.74) is 1.84. The zero-order valence-electron chi connectivity index (χ0n) is 10.8. The second-order valence-corrected chi connectivity index (χ2v) is 4.56. The van der Waals surface area contributed by atoms with E-state index in [0.29, 0.717) is 19.5 Å². The van der Waals surface area contributed by atoms with E-state index in [9.17, 15) is 10.1 Å². The lowest BCUT2D eigenvalue weighted by Crippen LogP contribution is -2.15. The van der Waals surface area contributed by atoms with Gasteiger partial charge in [-0.3, -0.25) is 10.1 Å². The van der Waals surface area contributed by atoms with E-state index in [0.717, 1.165) is 11.1 Å². The summed E-state index contributed by atoms with van der Waals surface area (Å²) < 4.78 is 0. The van der Waals surface area contributed by atoms with Gasteiger partial charge in [-0.2, -0.15) is 0 Å². The predicted octanol–water partition coefficient (Wildman–Crippen LogP) is 2.19. The molecule has 0 aromatic heterocycles. The van der Waals surface area contributed by atoms with Gasteiger partial charge in [0, 0.05) is 24.8 Å². The fourth-order valence-corrected chi connectivity index (χ4v) is 1.78. The van der Waals surface area contributed by atoms with E-state index in [1.165, 1.54) is 0 Å². The molecular weight excluding hydrogens is 232 g/mol. The van der Waals surface area contributed by atoms with E-state index < -0.39 is 0 Å². The molecular formula is C13H20N2O3. The fraction of sp³-hybridized carbons (Fsp3) is 0.538. The Kier molecular flexibility index (Phi) is 5.74. The van der Waals surface area contributed by atoms with Crippen molar-refractivity contribution >= 4 is 5.69 Å². The van der Waals surface area contributed by atoms with Crippen molar-refractivity contribution in [3.8, 4) is 0 Å². The van der Waals surface area contributed by atoms with Crippen molar-refractivity contribution in [3.05, 3.63) is 39.4 Å². The zero-order chi connectivity index (χ0) is 13.5. The van der Waals surface area contributed by atoms with Gasteiger partial charge in [0.25, 0.3) is 5.69 Å². The molecule has 0 bridgehead atoms. The maximum absolute atomic E-state index is 11.0. The molecule has 100 valence electrons. The average Bonchev–Trinajstić information content (AvgIpc) is 2.34. The van der Waals surface area contributed by atoms with Crippen LogP contribution < -0.4 is 5.32 Å². The number of hydrogen-bond donors (Lipinski definition) is 2. The number of nitro benzene ring substituents is 1. The Bertz CT molecular complexity index is 405.